The Bertz CT molecular complexity index is 1670. The lowest BCUT2D eigenvalue weighted by molar-refractivity contribution is -0.161. The molecule has 0 amide bonds. The zero-order chi connectivity index (χ0) is 63.5. The Balaban J connectivity index is 5.18. The summed E-state index contributed by atoms with van der Waals surface area (Å²) in [6, 6.07) is 0. The molecule has 17 nitrogen and oxygen atoms in total. The molecule has 19 heteroatoms. The van der Waals surface area contributed by atoms with Gasteiger partial charge in [0.2, 0.25) is 0 Å². The quantitative estimate of drug-likeness (QED) is 0.0222. The van der Waals surface area contributed by atoms with Crippen molar-refractivity contribution in [2.45, 2.75) is 361 Å². The van der Waals surface area contributed by atoms with Crippen LogP contribution in [0.5, 0.6) is 0 Å². The smallest absolute Gasteiger partial charge is 0.462 e. The molecule has 0 aliphatic carbocycles. The fourth-order valence-electron chi connectivity index (χ4n) is 10.1. The van der Waals surface area contributed by atoms with E-state index in [4.69, 9.17) is 37.0 Å². The van der Waals surface area contributed by atoms with Crippen molar-refractivity contribution in [3.63, 3.8) is 0 Å². The summed E-state index contributed by atoms with van der Waals surface area (Å²) < 4.78 is 68.0. The second-order valence-electron chi connectivity index (χ2n) is 24.5. The van der Waals surface area contributed by atoms with Crippen LogP contribution < -0.4 is 0 Å². The zero-order valence-electron chi connectivity index (χ0n) is 55.4. The summed E-state index contributed by atoms with van der Waals surface area (Å²) in [5.41, 5.74) is 0. The van der Waals surface area contributed by atoms with E-state index in [2.05, 4.69) is 34.6 Å². The first-order valence-electron chi connectivity index (χ1n) is 35.2. The zero-order valence-corrected chi connectivity index (χ0v) is 57.2. The van der Waals surface area contributed by atoms with Gasteiger partial charge in [-0.15, -0.1) is 0 Å². The van der Waals surface area contributed by atoms with Crippen LogP contribution >= 0.6 is 15.6 Å². The van der Waals surface area contributed by atoms with Crippen LogP contribution in [0, 0.1) is 5.92 Å². The topological polar surface area (TPSA) is 237 Å². The summed E-state index contributed by atoms with van der Waals surface area (Å²) >= 11 is 0. The van der Waals surface area contributed by atoms with Crippen LogP contribution in [-0.2, 0) is 65.4 Å². The third kappa shape index (κ3) is 59.7. The van der Waals surface area contributed by atoms with Crippen LogP contribution in [0.1, 0.15) is 343 Å². The number of phosphoric ester groups is 2. The average Bonchev–Trinajstić information content (AvgIpc) is 3.55. The van der Waals surface area contributed by atoms with Gasteiger partial charge < -0.3 is 33.8 Å². The van der Waals surface area contributed by atoms with Gasteiger partial charge in [-0.05, 0) is 31.6 Å². The number of carbonyl (C=O) groups is 4. The van der Waals surface area contributed by atoms with E-state index in [9.17, 15) is 43.2 Å². The van der Waals surface area contributed by atoms with Crippen molar-refractivity contribution in [2.24, 2.45) is 5.92 Å². The van der Waals surface area contributed by atoms with Crippen molar-refractivity contribution in [3.8, 4) is 0 Å². The van der Waals surface area contributed by atoms with E-state index in [0.29, 0.717) is 25.7 Å². The molecule has 0 rings (SSSR count). The minimum atomic E-state index is -4.95. The molecule has 3 N–H and O–H groups in total. The van der Waals surface area contributed by atoms with E-state index < -0.39 is 97.5 Å². The monoisotopic (exact) mass is 1270 g/mol. The van der Waals surface area contributed by atoms with E-state index in [-0.39, 0.29) is 25.7 Å². The molecule has 0 heterocycles. The highest BCUT2D eigenvalue weighted by Crippen LogP contribution is 2.45. The van der Waals surface area contributed by atoms with E-state index in [1.165, 1.54) is 161 Å². The fraction of sp³-hybridized carbons (Fsp3) is 0.940. The highest BCUT2D eigenvalue weighted by Gasteiger charge is 2.30. The molecule has 0 radical (unpaired) electrons. The maximum atomic E-state index is 13.0. The maximum absolute atomic E-state index is 13.0. The van der Waals surface area contributed by atoms with Gasteiger partial charge in [0.15, 0.2) is 12.2 Å². The van der Waals surface area contributed by atoms with Crippen molar-refractivity contribution >= 4 is 39.5 Å². The predicted molar refractivity (Wildman–Crippen MR) is 345 cm³/mol. The summed E-state index contributed by atoms with van der Waals surface area (Å²) in [5.74, 6) is -1.40. The molecule has 0 aromatic heterocycles. The minimum absolute atomic E-state index is 0.106. The van der Waals surface area contributed by atoms with Gasteiger partial charge in [0.25, 0.3) is 0 Å². The van der Waals surface area contributed by atoms with E-state index in [1.54, 1.807) is 0 Å². The highest BCUT2D eigenvalue weighted by atomic mass is 31.2. The van der Waals surface area contributed by atoms with Crippen LogP contribution in [0.2, 0.25) is 0 Å². The molecule has 0 bridgehead atoms. The van der Waals surface area contributed by atoms with Gasteiger partial charge in [0, 0.05) is 25.7 Å². The lowest BCUT2D eigenvalue weighted by Gasteiger charge is -2.21. The second kappa shape index (κ2) is 60.6. The molecule has 0 aliphatic rings. The third-order valence-corrected chi connectivity index (χ3v) is 17.8. The number of carbonyl (C=O) groups excluding carboxylic acids is 4. The van der Waals surface area contributed by atoms with Gasteiger partial charge in [-0.2, -0.15) is 0 Å². The fourth-order valence-corrected chi connectivity index (χ4v) is 11.7. The Morgan fingerprint density at radius 1 is 0.326 bits per heavy atom. The van der Waals surface area contributed by atoms with Crippen LogP contribution in [-0.4, -0.2) is 96.7 Å². The van der Waals surface area contributed by atoms with Crippen LogP contribution in [0.4, 0.5) is 0 Å². The average molecular weight is 1270 g/mol. The third-order valence-electron chi connectivity index (χ3n) is 15.9. The number of unbranched alkanes of at least 4 members (excludes halogenated alkanes) is 38. The summed E-state index contributed by atoms with van der Waals surface area (Å²) in [6.07, 6.45) is 45.9. The van der Waals surface area contributed by atoms with E-state index in [1.807, 2.05) is 0 Å². The number of rotatable bonds is 67. The van der Waals surface area contributed by atoms with Crippen molar-refractivity contribution < 1.29 is 80.2 Å². The first-order chi connectivity index (χ1) is 41.6. The van der Waals surface area contributed by atoms with Gasteiger partial charge in [-0.3, -0.25) is 37.3 Å². The van der Waals surface area contributed by atoms with E-state index >= 15 is 0 Å². The Morgan fingerprint density at radius 3 is 0.826 bits per heavy atom. The molecular formula is C67H130O17P2. The molecule has 6 atom stereocenters. The summed E-state index contributed by atoms with van der Waals surface area (Å²) in [5, 5.41) is 10.5. The second-order valence-corrected chi connectivity index (χ2v) is 27.4. The highest BCUT2D eigenvalue weighted by molar-refractivity contribution is 7.47. The Kier molecular flexibility index (Phi) is 59.2. The van der Waals surface area contributed by atoms with E-state index in [0.717, 1.165) is 102 Å². The predicted octanol–water partition coefficient (Wildman–Crippen LogP) is 19.0. The van der Waals surface area contributed by atoms with Crippen LogP contribution in [0.25, 0.3) is 0 Å². The lowest BCUT2D eigenvalue weighted by Crippen LogP contribution is -2.30. The van der Waals surface area contributed by atoms with Gasteiger partial charge in [0.1, 0.15) is 19.3 Å². The molecular weight excluding hydrogens is 1140 g/mol. The van der Waals surface area contributed by atoms with Crippen molar-refractivity contribution in [1.82, 2.24) is 0 Å². The Labute approximate surface area is 524 Å². The Hall–Kier alpha value is -1.94. The van der Waals surface area contributed by atoms with Crippen LogP contribution in [0.15, 0.2) is 0 Å². The van der Waals surface area contributed by atoms with Gasteiger partial charge >= 0.3 is 39.5 Å². The van der Waals surface area contributed by atoms with Crippen molar-refractivity contribution in [3.05, 3.63) is 0 Å². The standard InChI is InChI=1S/C67H130O17P2/c1-6-10-13-16-19-22-23-24-25-26-27-28-29-30-33-36-43-48-53-67(72)84-63(57-78-65(70)51-46-41-38-37-39-44-49-60(5)9-4)59-82-86(75,76)80-55-61(68)54-79-85(73,74)81-58-62(83-66(71)52-47-42-35-32-21-18-15-12-8-3)56-77-64(69)50-45-40-34-31-20-17-14-11-7-2/h60-63,68H,6-59H2,1-5H3,(H,73,74)(H,75,76)/t60?,61-,62+,63+/m0/s1. The van der Waals surface area contributed by atoms with Crippen LogP contribution in [0.3, 0.4) is 0 Å². The molecule has 0 aromatic carbocycles. The van der Waals surface area contributed by atoms with Crippen molar-refractivity contribution in [2.75, 3.05) is 39.6 Å². The van der Waals surface area contributed by atoms with Gasteiger partial charge in [0.05, 0.1) is 26.4 Å². The summed E-state index contributed by atoms with van der Waals surface area (Å²) in [6.45, 7) is 7.15. The number of hydrogen-bond donors (Lipinski definition) is 3. The summed E-state index contributed by atoms with van der Waals surface area (Å²) in [4.78, 5) is 72.2. The number of phosphoric acid groups is 2. The number of aliphatic hydroxyl groups is 1. The molecule has 0 saturated carbocycles. The number of hydrogen-bond acceptors (Lipinski definition) is 15. The number of ether oxygens (including phenoxy) is 4. The maximum Gasteiger partial charge on any atom is 0.472 e. The molecule has 0 aliphatic heterocycles. The molecule has 3 unspecified atom stereocenters. The lowest BCUT2D eigenvalue weighted by atomic mass is 10.00. The Morgan fingerprint density at radius 2 is 0.558 bits per heavy atom. The first kappa shape index (κ1) is 84.1. The summed E-state index contributed by atoms with van der Waals surface area (Å²) in [7, 11) is -9.89. The molecule has 0 fully saturated rings. The number of aliphatic hydroxyl groups excluding tert-OH is 1. The largest absolute Gasteiger partial charge is 0.472 e. The minimum Gasteiger partial charge on any atom is -0.462 e. The van der Waals surface area contributed by atoms with Crippen molar-refractivity contribution in [1.29, 1.82) is 0 Å². The first-order valence-corrected chi connectivity index (χ1v) is 38.2. The van der Waals surface area contributed by atoms with Gasteiger partial charge in [-0.1, -0.05) is 291 Å². The molecule has 510 valence electrons. The molecule has 0 aromatic rings. The van der Waals surface area contributed by atoms with Gasteiger partial charge in [-0.25, -0.2) is 9.13 Å². The molecule has 0 spiro atoms. The molecule has 0 saturated heterocycles. The normalized spacial score (nSPS) is 14.5. The SMILES string of the molecule is CCCCCCCCCCCCCCCCCCCCC(=O)O[C@H](COC(=O)CCCCCCCCC(C)CC)COP(=O)(O)OC[C@@H](O)COP(=O)(O)OC[C@@H](COC(=O)CCCCCCCCCCC)OC(=O)CCCCCCCCCCC. The molecule has 86 heavy (non-hydrogen) atoms. The number of esters is 4.